The molecule has 0 aliphatic carbocycles. The van der Waals surface area contributed by atoms with Gasteiger partial charge in [-0.15, -0.1) is 0 Å². The second-order valence-electron chi connectivity index (χ2n) is 7.16. The van der Waals surface area contributed by atoms with Crippen molar-refractivity contribution < 1.29 is 9.15 Å². The smallest absolute Gasteiger partial charge is 0.341 e. The molecule has 0 bridgehead atoms. The third kappa shape index (κ3) is 2.84. The summed E-state index contributed by atoms with van der Waals surface area (Å²) in [4.78, 5) is 19.4. The summed E-state index contributed by atoms with van der Waals surface area (Å²) in [5, 5.41) is 2.16. The first-order valence-electron chi connectivity index (χ1n) is 9.40. The first kappa shape index (κ1) is 17.0. The van der Waals surface area contributed by atoms with E-state index >= 15 is 0 Å². The number of hydrogen-bond acceptors (Lipinski definition) is 5. The van der Waals surface area contributed by atoms with Gasteiger partial charge in [-0.1, -0.05) is 18.2 Å². The van der Waals surface area contributed by atoms with Gasteiger partial charge in [0.25, 0.3) is 0 Å². The van der Waals surface area contributed by atoms with Crippen molar-refractivity contribution in [2.75, 3.05) is 13.7 Å². The normalized spacial score (nSPS) is 14.3. The number of benzene rings is 2. The highest BCUT2D eigenvalue weighted by Crippen LogP contribution is 2.29. The summed E-state index contributed by atoms with van der Waals surface area (Å²) >= 11 is 0. The van der Waals surface area contributed by atoms with E-state index in [0.29, 0.717) is 17.9 Å². The molecule has 1 aliphatic rings. The minimum absolute atomic E-state index is 0.250. The van der Waals surface area contributed by atoms with Crippen molar-refractivity contribution in [1.82, 2.24) is 9.88 Å². The second-order valence-corrected chi connectivity index (χ2v) is 7.16. The number of para-hydroxylation sites is 1. The maximum absolute atomic E-state index is 12.6. The Balaban J connectivity index is 1.50. The van der Waals surface area contributed by atoms with Gasteiger partial charge in [-0.25, -0.2) is 4.79 Å². The summed E-state index contributed by atoms with van der Waals surface area (Å²) < 4.78 is 10.8. The fourth-order valence-corrected chi connectivity index (χ4v) is 4.10. The molecule has 0 unspecified atom stereocenters. The van der Waals surface area contributed by atoms with Gasteiger partial charge in [0.05, 0.1) is 18.2 Å². The molecule has 28 heavy (non-hydrogen) atoms. The van der Waals surface area contributed by atoms with Gasteiger partial charge in [-0.3, -0.25) is 9.88 Å². The molecule has 0 fully saturated rings. The highest BCUT2D eigenvalue weighted by Gasteiger charge is 2.23. The van der Waals surface area contributed by atoms with Gasteiger partial charge in [0.15, 0.2) is 0 Å². The molecule has 1 aliphatic heterocycles. The number of methoxy groups -OCH3 is 1. The van der Waals surface area contributed by atoms with Crippen LogP contribution in [0.5, 0.6) is 5.75 Å². The molecule has 0 saturated heterocycles. The van der Waals surface area contributed by atoms with Crippen molar-refractivity contribution in [2.24, 2.45) is 0 Å². The van der Waals surface area contributed by atoms with Crippen LogP contribution in [0.15, 0.2) is 63.9 Å². The number of fused-ring (bicyclic) bond motifs is 4. The fourth-order valence-electron chi connectivity index (χ4n) is 4.10. The molecule has 0 saturated carbocycles. The van der Waals surface area contributed by atoms with E-state index in [0.717, 1.165) is 46.9 Å². The molecule has 2 aromatic carbocycles. The third-order valence-corrected chi connectivity index (χ3v) is 5.52. The standard InChI is InChI=1S/C23H20N2O3/c1-27-16-6-7-19-18-9-11-25(14-20(18)23(26)28-22(19)12-16)13-15-8-10-24-21-5-3-2-4-17(15)21/h2-8,10,12H,9,11,13-14H2,1H3. The summed E-state index contributed by atoms with van der Waals surface area (Å²) in [5.41, 5.74) is 4.43. The van der Waals surface area contributed by atoms with E-state index in [1.807, 2.05) is 36.5 Å². The zero-order valence-corrected chi connectivity index (χ0v) is 15.6. The molecule has 5 heteroatoms. The number of nitrogens with zero attached hydrogens (tertiary/aromatic N) is 2. The van der Waals surface area contributed by atoms with E-state index < -0.39 is 0 Å². The van der Waals surface area contributed by atoms with Crippen LogP contribution in [0.4, 0.5) is 0 Å². The average molecular weight is 372 g/mol. The predicted octanol–water partition coefficient (Wildman–Crippen LogP) is 3.91. The molecular formula is C23H20N2O3. The minimum Gasteiger partial charge on any atom is -0.497 e. The Labute approximate surface area is 162 Å². The van der Waals surface area contributed by atoms with E-state index in [1.54, 1.807) is 13.2 Å². The SMILES string of the molecule is COc1ccc2c3c(c(=O)oc2c1)CN(Cc1ccnc2ccccc12)CC3. The van der Waals surface area contributed by atoms with Gasteiger partial charge >= 0.3 is 5.63 Å². The summed E-state index contributed by atoms with van der Waals surface area (Å²) in [6.07, 6.45) is 2.68. The van der Waals surface area contributed by atoms with Crippen LogP contribution in [0.3, 0.4) is 0 Å². The highest BCUT2D eigenvalue weighted by atomic mass is 16.5. The van der Waals surface area contributed by atoms with Crippen LogP contribution >= 0.6 is 0 Å². The van der Waals surface area contributed by atoms with Gasteiger partial charge in [-0.2, -0.15) is 0 Å². The van der Waals surface area contributed by atoms with Crippen molar-refractivity contribution in [1.29, 1.82) is 0 Å². The van der Waals surface area contributed by atoms with E-state index in [9.17, 15) is 4.79 Å². The Hall–Kier alpha value is -3.18. The molecule has 2 aromatic heterocycles. The fraction of sp³-hybridized carbons (Fsp3) is 0.217. The second kappa shape index (κ2) is 6.77. The topological polar surface area (TPSA) is 55.6 Å². The first-order valence-corrected chi connectivity index (χ1v) is 9.40. The van der Waals surface area contributed by atoms with E-state index in [2.05, 4.69) is 22.0 Å². The summed E-state index contributed by atoms with van der Waals surface area (Å²) in [6, 6.07) is 15.9. The molecule has 0 amide bonds. The molecule has 0 atom stereocenters. The van der Waals surface area contributed by atoms with Gasteiger partial charge in [0.1, 0.15) is 11.3 Å². The quantitative estimate of drug-likeness (QED) is 0.511. The molecule has 3 heterocycles. The lowest BCUT2D eigenvalue weighted by atomic mass is 9.97. The van der Waals surface area contributed by atoms with E-state index in [4.69, 9.17) is 9.15 Å². The van der Waals surface area contributed by atoms with E-state index in [-0.39, 0.29) is 5.63 Å². The molecule has 5 rings (SSSR count). The van der Waals surface area contributed by atoms with Gasteiger partial charge in [-0.05, 0) is 41.8 Å². The van der Waals surface area contributed by atoms with Crippen molar-refractivity contribution >= 4 is 21.9 Å². The van der Waals surface area contributed by atoms with Crippen molar-refractivity contribution in [3.63, 3.8) is 0 Å². The number of hydrogen-bond donors (Lipinski definition) is 0. The number of aromatic nitrogens is 1. The largest absolute Gasteiger partial charge is 0.497 e. The summed E-state index contributed by atoms with van der Waals surface area (Å²) in [7, 11) is 1.61. The molecule has 140 valence electrons. The minimum atomic E-state index is -0.250. The van der Waals surface area contributed by atoms with Crippen LogP contribution in [-0.2, 0) is 19.5 Å². The van der Waals surface area contributed by atoms with Gasteiger partial charge in [0, 0.05) is 42.7 Å². The molecule has 5 nitrogen and oxygen atoms in total. The average Bonchev–Trinajstić information content (AvgIpc) is 2.74. The number of rotatable bonds is 3. The lowest BCUT2D eigenvalue weighted by Crippen LogP contribution is -2.33. The Kier molecular flexibility index (Phi) is 4.10. The lowest BCUT2D eigenvalue weighted by Gasteiger charge is -2.28. The van der Waals surface area contributed by atoms with Crippen molar-refractivity contribution in [3.8, 4) is 5.75 Å². The first-order chi connectivity index (χ1) is 13.7. The molecule has 4 aromatic rings. The summed E-state index contributed by atoms with van der Waals surface area (Å²) in [5.74, 6) is 0.692. The van der Waals surface area contributed by atoms with Gasteiger partial charge < -0.3 is 9.15 Å². The van der Waals surface area contributed by atoms with Gasteiger partial charge in [0.2, 0.25) is 0 Å². The van der Waals surface area contributed by atoms with E-state index in [1.165, 1.54) is 5.56 Å². The van der Waals surface area contributed by atoms with Crippen LogP contribution in [0.2, 0.25) is 0 Å². The Morgan fingerprint density at radius 2 is 2.00 bits per heavy atom. The van der Waals surface area contributed by atoms with Crippen molar-refractivity contribution in [3.05, 3.63) is 81.8 Å². The van der Waals surface area contributed by atoms with Crippen LogP contribution in [0, 0.1) is 0 Å². The molecule has 0 radical (unpaired) electrons. The third-order valence-electron chi connectivity index (χ3n) is 5.52. The zero-order chi connectivity index (χ0) is 19.1. The van der Waals surface area contributed by atoms with Crippen molar-refractivity contribution in [2.45, 2.75) is 19.5 Å². The Morgan fingerprint density at radius 3 is 2.89 bits per heavy atom. The van der Waals surface area contributed by atoms with Crippen LogP contribution in [0.1, 0.15) is 16.7 Å². The molecule has 0 spiro atoms. The highest BCUT2D eigenvalue weighted by molar-refractivity contribution is 5.83. The maximum Gasteiger partial charge on any atom is 0.341 e. The monoisotopic (exact) mass is 372 g/mol. The zero-order valence-electron chi connectivity index (χ0n) is 15.6. The molecular weight excluding hydrogens is 352 g/mol. The van der Waals surface area contributed by atoms with Crippen LogP contribution < -0.4 is 10.4 Å². The number of ether oxygens (including phenoxy) is 1. The number of pyridine rings is 1. The lowest BCUT2D eigenvalue weighted by molar-refractivity contribution is 0.242. The Bertz CT molecular complexity index is 1240. The maximum atomic E-state index is 12.6. The van der Waals surface area contributed by atoms with Crippen LogP contribution in [0.25, 0.3) is 21.9 Å². The Morgan fingerprint density at radius 1 is 1.11 bits per heavy atom. The predicted molar refractivity (Wildman–Crippen MR) is 109 cm³/mol. The molecule has 0 N–H and O–H groups in total. The summed E-state index contributed by atoms with van der Waals surface area (Å²) in [6.45, 7) is 2.27. The van der Waals surface area contributed by atoms with Crippen LogP contribution in [-0.4, -0.2) is 23.5 Å².